The summed E-state index contributed by atoms with van der Waals surface area (Å²) in [5.74, 6) is 1.55. The highest BCUT2D eigenvalue weighted by atomic mass is 16.5. The summed E-state index contributed by atoms with van der Waals surface area (Å²) < 4.78 is 5.27. The zero-order valence-electron chi connectivity index (χ0n) is 12.0. The molecule has 1 heterocycles. The molecule has 1 aromatic heterocycles. The van der Waals surface area contributed by atoms with Gasteiger partial charge in [0.05, 0.1) is 19.4 Å². The first-order valence-electron chi connectivity index (χ1n) is 6.48. The molecule has 0 saturated carbocycles. The van der Waals surface area contributed by atoms with Gasteiger partial charge in [-0.25, -0.2) is 9.97 Å². The van der Waals surface area contributed by atoms with E-state index in [1.54, 1.807) is 7.11 Å². The molecule has 0 atom stereocenters. The number of aryl methyl sites for hydroxylation is 2. The first kappa shape index (κ1) is 14.3. The van der Waals surface area contributed by atoms with Crippen LogP contribution in [0.2, 0.25) is 0 Å². The van der Waals surface area contributed by atoms with Gasteiger partial charge in [-0.1, -0.05) is 0 Å². The monoisotopic (exact) mass is 273 g/mol. The van der Waals surface area contributed by atoms with Crippen molar-refractivity contribution >= 4 is 5.82 Å². The van der Waals surface area contributed by atoms with Crippen molar-refractivity contribution in [2.45, 2.75) is 13.8 Å². The average molecular weight is 273 g/mol. The molecule has 106 valence electrons. The fourth-order valence-electron chi connectivity index (χ4n) is 2.22. The second-order valence-electron chi connectivity index (χ2n) is 4.58. The van der Waals surface area contributed by atoms with Crippen molar-refractivity contribution in [3.8, 4) is 17.0 Å². The Hall–Kier alpha value is -2.14. The second-order valence-corrected chi connectivity index (χ2v) is 4.58. The highest BCUT2D eigenvalue weighted by molar-refractivity contribution is 5.70. The third-order valence-corrected chi connectivity index (χ3v) is 3.08. The topological polar surface area (TPSA) is 67.3 Å². The normalized spacial score (nSPS) is 10.4. The molecular weight excluding hydrogens is 254 g/mol. The Bertz CT molecular complexity index is 576. The van der Waals surface area contributed by atoms with Crippen LogP contribution in [-0.4, -0.2) is 35.3 Å². The molecule has 2 rings (SSSR count). The number of hydrogen-bond acceptors (Lipinski definition) is 5. The Morgan fingerprint density at radius 3 is 2.45 bits per heavy atom. The number of ether oxygens (including phenoxy) is 1. The van der Waals surface area contributed by atoms with Gasteiger partial charge < -0.3 is 15.2 Å². The molecule has 5 nitrogen and oxygen atoms in total. The maximum absolute atomic E-state index is 8.84. The number of rotatable bonds is 5. The zero-order chi connectivity index (χ0) is 14.5. The Balaban J connectivity index is 2.41. The summed E-state index contributed by atoms with van der Waals surface area (Å²) in [7, 11) is 1.66. The fraction of sp³-hybridized carbons (Fsp3) is 0.333. The highest BCUT2D eigenvalue weighted by Gasteiger charge is 2.10. The van der Waals surface area contributed by atoms with Crippen molar-refractivity contribution in [1.29, 1.82) is 0 Å². The van der Waals surface area contributed by atoms with Gasteiger partial charge in [0, 0.05) is 18.2 Å². The highest BCUT2D eigenvalue weighted by Crippen LogP contribution is 2.30. The number of methoxy groups -OCH3 is 1. The standard InChI is InChI=1S/C15H19N3O2/c1-10-6-12(20-3)7-11(2)15(10)13-8-14(16-4-5-19)18-9-17-13/h6-9,19H,4-5H2,1-3H3,(H,16,17,18). The number of hydrogen-bond donors (Lipinski definition) is 2. The van der Waals surface area contributed by atoms with Gasteiger partial charge in [-0.15, -0.1) is 0 Å². The van der Waals surface area contributed by atoms with E-state index in [-0.39, 0.29) is 6.61 Å². The smallest absolute Gasteiger partial charge is 0.130 e. The zero-order valence-corrected chi connectivity index (χ0v) is 12.0. The summed E-state index contributed by atoms with van der Waals surface area (Å²) in [5.41, 5.74) is 4.15. The van der Waals surface area contributed by atoms with E-state index >= 15 is 0 Å². The van der Waals surface area contributed by atoms with Crippen molar-refractivity contribution in [1.82, 2.24) is 9.97 Å². The van der Waals surface area contributed by atoms with E-state index in [0.717, 1.165) is 28.1 Å². The van der Waals surface area contributed by atoms with E-state index in [4.69, 9.17) is 9.84 Å². The molecular formula is C15H19N3O2. The lowest BCUT2D eigenvalue weighted by atomic mass is 9.99. The minimum atomic E-state index is 0.0694. The van der Waals surface area contributed by atoms with Gasteiger partial charge in [0.15, 0.2) is 0 Å². The third kappa shape index (κ3) is 3.05. The van der Waals surface area contributed by atoms with Crippen LogP contribution in [0.4, 0.5) is 5.82 Å². The summed E-state index contributed by atoms with van der Waals surface area (Å²) >= 11 is 0. The van der Waals surface area contributed by atoms with Crippen LogP contribution in [0.15, 0.2) is 24.5 Å². The van der Waals surface area contributed by atoms with Crippen LogP contribution >= 0.6 is 0 Å². The second kappa shape index (κ2) is 6.34. The molecule has 5 heteroatoms. The molecule has 2 N–H and O–H groups in total. The van der Waals surface area contributed by atoms with Crippen LogP contribution in [0.3, 0.4) is 0 Å². The summed E-state index contributed by atoms with van der Waals surface area (Å²) in [5, 5.41) is 11.9. The Morgan fingerprint density at radius 1 is 1.15 bits per heavy atom. The number of benzene rings is 1. The van der Waals surface area contributed by atoms with Crippen molar-refractivity contribution in [3.63, 3.8) is 0 Å². The number of anilines is 1. The molecule has 0 unspecified atom stereocenters. The molecule has 0 radical (unpaired) electrons. The fourth-order valence-corrected chi connectivity index (χ4v) is 2.22. The molecule has 2 aromatic rings. The average Bonchev–Trinajstić information content (AvgIpc) is 2.44. The molecule has 20 heavy (non-hydrogen) atoms. The SMILES string of the molecule is COc1cc(C)c(-c2cc(NCCO)ncn2)c(C)c1. The summed E-state index contributed by atoms with van der Waals surface area (Å²) in [6, 6.07) is 5.87. The predicted octanol–water partition coefficient (Wildman–Crippen LogP) is 2.17. The lowest BCUT2D eigenvalue weighted by Crippen LogP contribution is -2.07. The van der Waals surface area contributed by atoms with Crippen LogP contribution in [-0.2, 0) is 0 Å². The lowest BCUT2D eigenvalue weighted by molar-refractivity contribution is 0.311. The van der Waals surface area contributed by atoms with Crippen LogP contribution in [0, 0.1) is 13.8 Å². The first-order valence-corrected chi connectivity index (χ1v) is 6.48. The van der Waals surface area contributed by atoms with Crippen LogP contribution in [0.5, 0.6) is 5.75 Å². The number of aliphatic hydroxyl groups is 1. The van der Waals surface area contributed by atoms with E-state index in [2.05, 4.69) is 15.3 Å². The van der Waals surface area contributed by atoms with E-state index < -0.39 is 0 Å². The Morgan fingerprint density at radius 2 is 1.85 bits per heavy atom. The van der Waals surface area contributed by atoms with Gasteiger partial charge >= 0.3 is 0 Å². The number of aromatic nitrogens is 2. The van der Waals surface area contributed by atoms with Crippen molar-refractivity contribution in [2.75, 3.05) is 25.6 Å². The largest absolute Gasteiger partial charge is 0.497 e. The molecule has 0 aliphatic carbocycles. The van der Waals surface area contributed by atoms with E-state index in [1.807, 2.05) is 32.0 Å². The van der Waals surface area contributed by atoms with Gasteiger partial charge in [0.2, 0.25) is 0 Å². The molecule has 0 saturated heterocycles. The van der Waals surface area contributed by atoms with Gasteiger partial charge in [0.1, 0.15) is 17.9 Å². The van der Waals surface area contributed by atoms with Crippen molar-refractivity contribution < 1.29 is 9.84 Å². The Kier molecular flexibility index (Phi) is 4.53. The number of nitrogens with zero attached hydrogens (tertiary/aromatic N) is 2. The van der Waals surface area contributed by atoms with Crippen molar-refractivity contribution in [2.24, 2.45) is 0 Å². The minimum Gasteiger partial charge on any atom is -0.497 e. The molecule has 0 spiro atoms. The predicted molar refractivity (Wildman–Crippen MR) is 79.1 cm³/mol. The maximum Gasteiger partial charge on any atom is 0.130 e. The molecule has 1 aromatic carbocycles. The van der Waals surface area contributed by atoms with Crippen LogP contribution < -0.4 is 10.1 Å². The molecule has 0 amide bonds. The lowest BCUT2D eigenvalue weighted by Gasteiger charge is -2.12. The van der Waals surface area contributed by atoms with E-state index in [0.29, 0.717) is 12.4 Å². The number of nitrogens with one attached hydrogen (secondary N) is 1. The van der Waals surface area contributed by atoms with Crippen LogP contribution in [0.1, 0.15) is 11.1 Å². The molecule has 0 aliphatic heterocycles. The van der Waals surface area contributed by atoms with E-state index in [1.165, 1.54) is 6.33 Å². The quantitative estimate of drug-likeness (QED) is 0.874. The summed E-state index contributed by atoms with van der Waals surface area (Å²) in [6.07, 6.45) is 1.53. The van der Waals surface area contributed by atoms with Crippen LogP contribution in [0.25, 0.3) is 11.3 Å². The molecule has 0 fully saturated rings. The summed E-state index contributed by atoms with van der Waals surface area (Å²) in [6.45, 7) is 4.61. The van der Waals surface area contributed by atoms with Gasteiger partial charge in [-0.2, -0.15) is 0 Å². The maximum atomic E-state index is 8.84. The van der Waals surface area contributed by atoms with E-state index in [9.17, 15) is 0 Å². The van der Waals surface area contributed by atoms with Gasteiger partial charge in [0.25, 0.3) is 0 Å². The first-order chi connectivity index (χ1) is 9.65. The minimum absolute atomic E-state index is 0.0694. The molecule has 0 aliphatic rings. The van der Waals surface area contributed by atoms with Crippen molar-refractivity contribution in [3.05, 3.63) is 35.7 Å². The Labute approximate surface area is 118 Å². The third-order valence-electron chi connectivity index (χ3n) is 3.08. The van der Waals surface area contributed by atoms with Gasteiger partial charge in [-0.3, -0.25) is 0 Å². The molecule has 0 bridgehead atoms. The summed E-state index contributed by atoms with van der Waals surface area (Å²) in [4.78, 5) is 8.48. The number of aliphatic hydroxyl groups excluding tert-OH is 1. The van der Waals surface area contributed by atoms with Gasteiger partial charge in [-0.05, 0) is 37.1 Å².